The molecule has 0 aliphatic rings. The van der Waals surface area contributed by atoms with Gasteiger partial charge >= 0.3 is 6.09 Å². The third kappa shape index (κ3) is 11.0. The number of amides is 4. The molecule has 9 nitrogen and oxygen atoms in total. The minimum Gasteiger partial charge on any atom is -0.444 e. The quantitative estimate of drug-likeness (QED) is 0.248. The molecule has 0 aliphatic heterocycles. The fourth-order valence-corrected chi connectivity index (χ4v) is 5.62. The van der Waals surface area contributed by atoms with E-state index in [9.17, 15) is 19.2 Å². The maximum Gasteiger partial charge on any atom is 0.408 e. The van der Waals surface area contributed by atoms with E-state index in [1.54, 1.807) is 41.9 Å². The molecule has 3 aromatic carbocycles. The molecule has 0 radical (unpaired) electrons. The van der Waals surface area contributed by atoms with Crippen LogP contribution in [0.4, 0.5) is 4.79 Å². The molecule has 252 valence electrons. The molecule has 3 rings (SSSR count). The molecule has 4 amide bonds. The largest absolute Gasteiger partial charge is 0.444 e. The molecule has 0 bridgehead atoms. The number of carbonyl (C=O) groups excluding carboxylic acids is 4. The minimum atomic E-state index is -0.895. The Labute approximate surface area is 279 Å². The van der Waals surface area contributed by atoms with Crippen LogP contribution in [0.2, 0.25) is 0 Å². The molecule has 2 N–H and O–H groups in total. The molecular formula is C38H50N4O5. The van der Waals surface area contributed by atoms with Crippen LogP contribution in [0.5, 0.6) is 0 Å². The normalized spacial score (nSPS) is 13.3. The van der Waals surface area contributed by atoms with Gasteiger partial charge in [-0.25, -0.2) is 4.79 Å². The second-order valence-corrected chi connectivity index (χ2v) is 13.8. The Kier molecular flexibility index (Phi) is 12.3. The zero-order valence-electron chi connectivity index (χ0n) is 29.2. The first kappa shape index (κ1) is 36.8. The van der Waals surface area contributed by atoms with E-state index in [2.05, 4.69) is 10.6 Å². The van der Waals surface area contributed by atoms with E-state index in [-0.39, 0.29) is 24.1 Å². The van der Waals surface area contributed by atoms with E-state index in [1.807, 2.05) is 93.6 Å². The lowest BCUT2D eigenvalue weighted by molar-refractivity contribution is -0.146. The van der Waals surface area contributed by atoms with Crippen molar-refractivity contribution < 1.29 is 23.9 Å². The third-order valence-corrected chi connectivity index (χ3v) is 7.91. The molecule has 0 heterocycles. The number of likely N-dealkylation sites (N-methyl/N-ethyl adjacent to an activating group) is 3. The first-order chi connectivity index (χ1) is 22.0. The molecule has 0 spiro atoms. The van der Waals surface area contributed by atoms with Crippen molar-refractivity contribution in [2.45, 2.75) is 84.0 Å². The van der Waals surface area contributed by atoms with Crippen molar-refractivity contribution in [3.63, 3.8) is 0 Å². The zero-order chi connectivity index (χ0) is 34.9. The molecule has 47 heavy (non-hydrogen) atoms. The summed E-state index contributed by atoms with van der Waals surface area (Å²) < 4.78 is 5.40. The van der Waals surface area contributed by atoms with Crippen molar-refractivity contribution in [3.8, 4) is 0 Å². The number of hydrogen-bond donors (Lipinski definition) is 2. The molecule has 0 aliphatic carbocycles. The molecule has 0 aromatic heterocycles. The molecule has 0 fully saturated rings. The van der Waals surface area contributed by atoms with E-state index in [0.717, 1.165) is 27.5 Å². The van der Waals surface area contributed by atoms with Crippen molar-refractivity contribution in [1.82, 2.24) is 20.4 Å². The average Bonchev–Trinajstić information content (AvgIpc) is 2.99. The number of benzene rings is 3. The lowest BCUT2D eigenvalue weighted by atomic mass is 9.95. The Hall–Kier alpha value is -4.66. The number of alkyl carbamates (subject to hydrolysis) is 1. The highest BCUT2D eigenvalue weighted by molar-refractivity contribution is 5.95. The van der Waals surface area contributed by atoms with Crippen LogP contribution in [-0.2, 0) is 32.0 Å². The number of nitrogens with zero attached hydrogens (tertiary/aromatic N) is 2. The van der Waals surface area contributed by atoms with Gasteiger partial charge in [-0.2, -0.15) is 0 Å². The molecule has 0 unspecified atom stereocenters. The summed E-state index contributed by atoms with van der Waals surface area (Å²) in [5, 5.41) is 7.67. The highest BCUT2D eigenvalue weighted by Gasteiger charge is 2.35. The standard InChI is InChI=1S/C38H50N4O5/c1-26(25-38(5,6)40-36(46)47-37(2,3)4)21-33(43)41(8)32(24-28-19-20-29-17-13-14-18-30(29)22-28)35(45)42(9)31(34(44)39-7)23-27-15-11-10-12-16-27/h10-22,31-32H,23-25H2,1-9H3,(H,39,44)(H,40,46)/t31-,32-/m1/s1. The highest BCUT2D eigenvalue weighted by atomic mass is 16.6. The smallest absolute Gasteiger partial charge is 0.408 e. The second-order valence-electron chi connectivity index (χ2n) is 13.8. The van der Waals surface area contributed by atoms with Crippen LogP contribution in [0.3, 0.4) is 0 Å². The van der Waals surface area contributed by atoms with E-state index in [4.69, 9.17) is 4.74 Å². The minimum absolute atomic E-state index is 0.251. The summed E-state index contributed by atoms with van der Waals surface area (Å²) in [5.74, 6) is -1.00. The Morgan fingerprint density at radius 3 is 2.00 bits per heavy atom. The summed E-state index contributed by atoms with van der Waals surface area (Å²) in [5.41, 5.74) is 1.19. The number of rotatable bonds is 12. The van der Waals surface area contributed by atoms with Gasteiger partial charge in [-0.15, -0.1) is 0 Å². The molecule has 2 atom stereocenters. The Morgan fingerprint density at radius 2 is 1.38 bits per heavy atom. The van der Waals surface area contributed by atoms with Gasteiger partial charge in [0.2, 0.25) is 17.7 Å². The molecule has 0 saturated heterocycles. The van der Waals surface area contributed by atoms with Crippen LogP contribution in [0, 0.1) is 0 Å². The highest BCUT2D eigenvalue weighted by Crippen LogP contribution is 2.22. The molecule has 0 saturated carbocycles. The van der Waals surface area contributed by atoms with Crippen LogP contribution in [-0.4, -0.2) is 78.0 Å². The predicted octanol–water partition coefficient (Wildman–Crippen LogP) is 5.66. The Bertz CT molecular complexity index is 1590. The number of hydrogen-bond acceptors (Lipinski definition) is 5. The van der Waals surface area contributed by atoms with Crippen molar-refractivity contribution in [3.05, 3.63) is 95.6 Å². The van der Waals surface area contributed by atoms with E-state index < -0.39 is 29.3 Å². The lowest BCUT2D eigenvalue weighted by Crippen LogP contribution is -2.55. The fraction of sp³-hybridized carbons (Fsp3) is 0.421. The van der Waals surface area contributed by atoms with Crippen molar-refractivity contribution >= 4 is 34.6 Å². The van der Waals surface area contributed by atoms with Gasteiger partial charge < -0.3 is 25.2 Å². The Balaban J connectivity index is 1.91. The van der Waals surface area contributed by atoms with E-state index in [1.165, 1.54) is 15.9 Å². The maximum atomic E-state index is 14.3. The topological polar surface area (TPSA) is 108 Å². The fourth-order valence-electron chi connectivity index (χ4n) is 5.62. The van der Waals surface area contributed by atoms with Gasteiger partial charge in [0.05, 0.1) is 0 Å². The zero-order valence-corrected chi connectivity index (χ0v) is 29.2. The average molecular weight is 643 g/mol. The van der Waals surface area contributed by atoms with Gasteiger partial charge in [0.1, 0.15) is 17.7 Å². The number of carbonyl (C=O) groups is 4. The van der Waals surface area contributed by atoms with Crippen LogP contribution in [0.25, 0.3) is 10.8 Å². The maximum absolute atomic E-state index is 14.3. The summed E-state index contributed by atoms with van der Waals surface area (Å²) in [7, 11) is 4.77. The van der Waals surface area contributed by atoms with Gasteiger partial charge in [-0.05, 0) is 69.9 Å². The summed E-state index contributed by atoms with van der Waals surface area (Å²) in [6.45, 7) is 10.9. The van der Waals surface area contributed by atoms with E-state index in [0.29, 0.717) is 12.8 Å². The lowest BCUT2D eigenvalue weighted by Gasteiger charge is -2.34. The van der Waals surface area contributed by atoms with Gasteiger partial charge in [0.15, 0.2) is 0 Å². The van der Waals surface area contributed by atoms with Gasteiger partial charge in [0, 0.05) is 45.6 Å². The summed E-state index contributed by atoms with van der Waals surface area (Å²) in [6, 6.07) is 21.8. The second kappa shape index (κ2) is 15.8. The molecule has 9 heteroatoms. The first-order valence-electron chi connectivity index (χ1n) is 15.9. The van der Waals surface area contributed by atoms with Gasteiger partial charge in [-0.1, -0.05) is 78.4 Å². The van der Waals surface area contributed by atoms with Crippen molar-refractivity contribution in [1.29, 1.82) is 0 Å². The van der Waals surface area contributed by atoms with Crippen molar-refractivity contribution in [2.75, 3.05) is 21.1 Å². The molecule has 3 aromatic rings. The number of nitrogens with one attached hydrogen (secondary N) is 2. The SMILES string of the molecule is CNC(=O)[C@@H](Cc1ccccc1)N(C)C(=O)[C@@H](Cc1ccc2ccccc2c1)N(C)C(=O)C=C(C)CC(C)(C)NC(=O)OC(C)(C)C. The summed E-state index contributed by atoms with van der Waals surface area (Å²) in [4.78, 5) is 56.5. The third-order valence-electron chi connectivity index (χ3n) is 7.91. The first-order valence-corrected chi connectivity index (χ1v) is 15.9. The number of fused-ring (bicyclic) bond motifs is 1. The predicted molar refractivity (Wildman–Crippen MR) is 187 cm³/mol. The van der Waals surface area contributed by atoms with Crippen LogP contribution < -0.4 is 10.6 Å². The van der Waals surface area contributed by atoms with E-state index >= 15 is 0 Å². The monoisotopic (exact) mass is 642 g/mol. The van der Waals surface area contributed by atoms with Gasteiger partial charge in [0.25, 0.3) is 0 Å². The van der Waals surface area contributed by atoms with Crippen LogP contribution >= 0.6 is 0 Å². The van der Waals surface area contributed by atoms with Crippen LogP contribution in [0.15, 0.2) is 84.4 Å². The number of ether oxygens (including phenoxy) is 1. The summed E-state index contributed by atoms with van der Waals surface area (Å²) in [6.07, 6.45) is 1.91. The van der Waals surface area contributed by atoms with Crippen molar-refractivity contribution in [2.24, 2.45) is 0 Å². The van der Waals surface area contributed by atoms with Crippen LogP contribution in [0.1, 0.15) is 59.1 Å². The molecular weight excluding hydrogens is 592 g/mol. The van der Waals surface area contributed by atoms with Gasteiger partial charge in [-0.3, -0.25) is 14.4 Å². The summed E-state index contributed by atoms with van der Waals surface area (Å²) >= 11 is 0. The Morgan fingerprint density at radius 1 is 0.787 bits per heavy atom.